The lowest BCUT2D eigenvalue weighted by atomic mass is 10.2. The number of anilines is 2. The Morgan fingerprint density at radius 2 is 1.56 bits per heavy atom. The zero-order chi connectivity index (χ0) is 22.9. The largest absolute Gasteiger partial charge is 0.326 e. The summed E-state index contributed by atoms with van der Waals surface area (Å²) in [6.07, 6.45) is 0. The Morgan fingerprint density at radius 1 is 0.938 bits per heavy atom. The number of rotatable bonds is 6. The molecule has 0 fully saturated rings. The number of carbonyl (C=O) groups is 1. The second-order valence-electron chi connectivity index (χ2n) is 6.96. The molecule has 1 amide bonds. The minimum Gasteiger partial charge on any atom is -0.326 e. The maximum atomic E-state index is 13.7. The highest BCUT2D eigenvalue weighted by Gasteiger charge is 2.19. The first-order valence-corrected chi connectivity index (χ1v) is 11.0. The summed E-state index contributed by atoms with van der Waals surface area (Å²) in [5.41, 5.74) is 1.91. The van der Waals surface area contributed by atoms with Gasteiger partial charge in [-0.25, -0.2) is 13.4 Å². The molecule has 7 nitrogen and oxygen atoms in total. The molecule has 0 atom stereocenters. The minimum atomic E-state index is -3.88. The van der Waals surface area contributed by atoms with E-state index in [-0.39, 0.29) is 22.3 Å². The van der Waals surface area contributed by atoms with Crippen molar-refractivity contribution in [1.29, 1.82) is 0 Å². The number of alkyl halides is 2. The van der Waals surface area contributed by atoms with Crippen LogP contribution in [0.4, 0.5) is 20.2 Å². The van der Waals surface area contributed by atoms with Crippen LogP contribution in [0.1, 0.15) is 13.5 Å². The van der Waals surface area contributed by atoms with Crippen LogP contribution in [0, 0.1) is 0 Å². The molecule has 1 heterocycles. The molecule has 0 bridgehead atoms. The monoisotopic (exact) mass is 456 g/mol. The fourth-order valence-corrected chi connectivity index (χ4v) is 4.33. The van der Waals surface area contributed by atoms with Crippen LogP contribution in [0.3, 0.4) is 0 Å². The molecule has 32 heavy (non-hydrogen) atoms. The van der Waals surface area contributed by atoms with E-state index in [0.717, 1.165) is 4.57 Å². The lowest BCUT2D eigenvalue weighted by molar-refractivity contribution is -0.114. The van der Waals surface area contributed by atoms with E-state index in [1.165, 1.54) is 55.5 Å². The smallest absolute Gasteiger partial charge is 0.320 e. The van der Waals surface area contributed by atoms with Crippen LogP contribution in [-0.4, -0.2) is 23.9 Å². The zero-order valence-electron chi connectivity index (χ0n) is 16.8. The summed E-state index contributed by atoms with van der Waals surface area (Å²) in [4.78, 5) is 15.4. The molecule has 2 N–H and O–H groups in total. The van der Waals surface area contributed by atoms with Gasteiger partial charge in [-0.05, 0) is 60.7 Å². The molecule has 4 rings (SSSR count). The standard InChI is InChI=1S/C22H18F2N4O3S/c1-14(29)25-16-10-12-18(13-11-16)32(30,31)27-17-8-6-15(7-9-17)21-26-19-4-2-3-5-20(19)28(21)22(23)24/h2-13,22,27H,1H3,(H,25,29). The number of amides is 1. The van der Waals surface area contributed by atoms with E-state index in [4.69, 9.17) is 0 Å². The van der Waals surface area contributed by atoms with Gasteiger partial charge in [-0.2, -0.15) is 8.78 Å². The predicted octanol–water partition coefficient (Wildman–Crippen LogP) is 4.86. The van der Waals surface area contributed by atoms with Crippen LogP contribution >= 0.6 is 0 Å². The van der Waals surface area contributed by atoms with Crippen LogP contribution in [-0.2, 0) is 14.8 Å². The van der Waals surface area contributed by atoms with Gasteiger partial charge in [0.15, 0.2) is 0 Å². The maximum Gasteiger partial charge on any atom is 0.320 e. The number of hydrogen-bond acceptors (Lipinski definition) is 4. The van der Waals surface area contributed by atoms with Gasteiger partial charge in [-0.1, -0.05) is 12.1 Å². The first kappa shape index (κ1) is 21.4. The number of aromatic nitrogens is 2. The Labute approximate surface area is 182 Å². The number of sulfonamides is 1. The summed E-state index contributed by atoms with van der Waals surface area (Å²) < 4.78 is 55.9. The fraction of sp³-hybridized carbons (Fsp3) is 0.0909. The summed E-state index contributed by atoms with van der Waals surface area (Å²) in [5, 5.41) is 2.56. The van der Waals surface area contributed by atoms with Crippen molar-refractivity contribution < 1.29 is 22.0 Å². The van der Waals surface area contributed by atoms with E-state index in [2.05, 4.69) is 15.0 Å². The molecule has 0 saturated carbocycles. The Kier molecular flexibility index (Phi) is 5.62. The SMILES string of the molecule is CC(=O)Nc1ccc(S(=O)(=O)Nc2ccc(-c3nc4ccccc4n3C(F)F)cc2)cc1. The van der Waals surface area contributed by atoms with Gasteiger partial charge >= 0.3 is 6.55 Å². The molecule has 0 spiro atoms. The molecule has 0 aliphatic heterocycles. The first-order chi connectivity index (χ1) is 15.2. The second kappa shape index (κ2) is 8.39. The Hall–Kier alpha value is -3.79. The number of imidazole rings is 1. The number of carbonyl (C=O) groups excluding carboxylic acids is 1. The van der Waals surface area contributed by atoms with Crippen molar-refractivity contribution in [2.24, 2.45) is 0 Å². The van der Waals surface area contributed by atoms with Crippen LogP contribution < -0.4 is 10.0 Å². The summed E-state index contributed by atoms with van der Waals surface area (Å²) in [6, 6.07) is 18.3. The Balaban J connectivity index is 1.59. The molecular weight excluding hydrogens is 438 g/mol. The third-order valence-corrected chi connectivity index (χ3v) is 6.07. The maximum absolute atomic E-state index is 13.7. The van der Waals surface area contributed by atoms with E-state index in [0.29, 0.717) is 22.3 Å². The zero-order valence-corrected chi connectivity index (χ0v) is 17.6. The lowest BCUT2D eigenvalue weighted by Gasteiger charge is -2.11. The summed E-state index contributed by atoms with van der Waals surface area (Å²) in [7, 11) is -3.88. The molecule has 4 aromatic rings. The van der Waals surface area contributed by atoms with Gasteiger partial charge in [-0.15, -0.1) is 0 Å². The minimum absolute atomic E-state index is 0.00942. The number of benzene rings is 3. The van der Waals surface area contributed by atoms with E-state index in [1.54, 1.807) is 24.3 Å². The van der Waals surface area contributed by atoms with Crippen molar-refractivity contribution in [3.8, 4) is 11.4 Å². The van der Waals surface area contributed by atoms with Crippen LogP contribution in [0.2, 0.25) is 0 Å². The normalized spacial score (nSPS) is 11.6. The highest BCUT2D eigenvalue weighted by Crippen LogP contribution is 2.30. The number of para-hydroxylation sites is 2. The van der Waals surface area contributed by atoms with E-state index < -0.39 is 16.6 Å². The summed E-state index contributed by atoms with van der Waals surface area (Å²) in [6.45, 7) is -1.43. The van der Waals surface area contributed by atoms with Crippen molar-refractivity contribution in [1.82, 2.24) is 9.55 Å². The van der Waals surface area contributed by atoms with E-state index in [9.17, 15) is 22.0 Å². The van der Waals surface area contributed by atoms with Crippen LogP contribution in [0.25, 0.3) is 22.4 Å². The van der Waals surface area contributed by atoms with Crippen molar-refractivity contribution >= 4 is 38.3 Å². The van der Waals surface area contributed by atoms with Crippen LogP contribution in [0.5, 0.6) is 0 Å². The molecule has 1 aromatic heterocycles. The molecule has 0 aliphatic rings. The van der Waals surface area contributed by atoms with Gasteiger partial charge < -0.3 is 5.32 Å². The van der Waals surface area contributed by atoms with Crippen molar-refractivity contribution in [2.45, 2.75) is 18.4 Å². The quantitative estimate of drug-likeness (QED) is 0.433. The Bertz CT molecular complexity index is 1380. The van der Waals surface area contributed by atoms with Gasteiger partial charge in [0.2, 0.25) is 5.91 Å². The highest BCUT2D eigenvalue weighted by molar-refractivity contribution is 7.92. The average Bonchev–Trinajstić information content (AvgIpc) is 3.14. The summed E-state index contributed by atoms with van der Waals surface area (Å²) in [5.74, 6) is -0.177. The Morgan fingerprint density at radius 3 is 2.19 bits per heavy atom. The van der Waals surface area contributed by atoms with Crippen LogP contribution in [0.15, 0.2) is 77.7 Å². The topological polar surface area (TPSA) is 93.1 Å². The third kappa shape index (κ3) is 4.30. The molecular formula is C22H18F2N4O3S. The van der Waals surface area contributed by atoms with E-state index in [1.807, 2.05) is 0 Å². The molecule has 0 saturated heterocycles. The van der Waals surface area contributed by atoms with E-state index >= 15 is 0 Å². The molecule has 164 valence electrons. The number of halogens is 2. The molecule has 10 heteroatoms. The van der Waals surface area contributed by atoms with Gasteiger partial charge in [0.05, 0.1) is 15.9 Å². The second-order valence-corrected chi connectivity index (χ2v) is 8.64. The number of hydrogen-bond donors (Lipinski definition) is 2. The number of nitrogens with one attached hydrogen (secondary N) is 2. The lowest BCUT2D eigenvalue weighted by Crippen LogP contribution is -2.13. The molecule has 0 aliphatic carbocycles. The fourth-order valence-electron chi connectivity index (χ4n) is 3.27. The van der Waals surface area contributed by atoms with Gasteiger partial charge in [0, 0.05) is 23.9 Å². The van der Waals surface area contributed by atoms with Crippen molar-refractivity contribution in [3.63, 3.8) is 0 Å². The molecule has 3 aromatic carbocycles. The number of fused-ring (bicyclic) bond motifs is 1. The van der Waals surface area contributed by atoms with Gasteiger partial charge in [0.1, 0.15) is 5.82 Å². The van der Waals surface area contributed by atoms with Gasteiger partial charge in [0.25, 0.3) is 10.0 Å². The highest BCUT2D eigenvalue weighted by atomic mass is 32.2. The average molecular weight is 456 g/mol. The summed E-state index contributed by atoms with van der Waals surface area (Å²) >= 11 is 0. The third-order valence-electron chi connectivity index (χ3n) is 4.67. The first-order valence-electron chi connectivity index (χ1n) is 9.50. The molecule has 0 radical (unpaired) electrons. The van der Waals surface area contributed by atoms with Crippen molar-refractivity contribution in [3.05, 3.63) is 72.8 Å². The van der Waals surface area contributed by atoms with Crippen molar-refractivity contribution in [2.75, 3.05) is 10.0 Å². The predicted molar refractivity (Wildman–Crippen MR) is 118 cm³/mol. The molecule has 0 unspecified atom stereocenters. The van der Waals surface area contributed by atoms with Gasteiger partial charge in [-0.3, -0.25) is 14.1 Å². The number of nitrogens with zero attached hydrogens (tertiary/aromatic N) is 2.